The number of hydrogen-bond donors (Lipinski definition) is 5. The van der Waals surface area contributed by atoms with E-state index in [1.165, 1.54) is 16.9 Å². The number of halogens is 1. The highest BCUT2D eigenvalue weighted by molar-refractivity contribution is 6.34. The van der Waals surface area contributed by atoms with Crippen LogP contribution in [0, 0.1) is 0 Å². The molecule has 0 saturated heterocycles. The van der Waals surface area contributed by atoms with Gasteiger partial charge in [-0.2, -0.15) is 5.10 Å². The molecule has 0 radical (unpaired) electrons. The number of anilines is 2. The third kappa shape index (κ3) is 5.64. The van der Waals surface area contributed by atoms with Gasteiger partial charge in [-0.15, -0.1) is 0 Å². The number of primary amides is 1. The number of aryl methyl sites for hydroxylation is 1. The highest BCUT2D eigenvalue weighted by atomic mass is 35.5. The van der Waals surface area contributed by atoms with Crippen molar-refractivity contribution in [3.05, 3.63) is 87.4 Å². The average Bonchev–Trinajstić information content (AvgIpc) is 2.91. The standard InChI is InChI=1S/C26H24ClN7O4/c1-2-34-25(37)21(31-26(38)32-23-19(27)12-30-13-22(23)35)10-20(33-34)16-5-3-4-15(8-16)17-6-14(11-28)7-18(9-17)24(29)36/h3-10,12-13,35H,2,11,28H2,1H3,(H2,29,36)(H2,30,31,32,38). The van der Waals surface area contributed by atoms with Gasteiger partial charge in [0.05, 0.1) is 16.9 Å². The van der Waals surface area contributed by atoms with Gasteiger partial charge < -0.3 is 27.2 Å². The van der Waals surface area contributed by atoms with Crippen LogP contribution in [0.5, 0.6) is 5.75 Å². The van der Waals surface area contributed by atoms with E-state index < -0.39 is 17.5 Å². The number of rotatable bonds is 7. The average molecular weight is 534 g/mol. The van der Waals surface area contributed by atoms with Crippen LogP contribution in [-0.2, 0) is 13.1 Å². The lowest BCUT2D eigenvalue weighted by atomic mass is 9.97. The van der Waals surface area contributed by atoms with Crippen LogP contribution >= 0.6 is 11.6 Å². The summed E-state index contributed by atoms with van der Waals surface area (Å²) in [6.07, 6.45) is 2.38. The maximum absolute atomic E-state index is 12.9. The zero-order chi connectivity index (χ0) is 27.4. The molecule has 2 aromatic carbocycles. The van der Waals surface area contributed by atoms with Crippen LogP contribution in [0.1, 0.15) is 22.8 Å². The second-order valence-corrected chi connectivity index (χ2v) is 8.63. The molecule has 0 bridgehead atoms. The topological polar surface area (TPSA) is 178 Å². The van der Waals surface area contributed by atoms with Gasteiger partial charge in [-0.05, 0) is 53.9 Å². The molecule has 194 valence electrons. The Kier molecular flexibility index (Phi) is 7.70. The molecule has 0 atom stereocenters. The number of amides is 3. The van der Waals surface area contributed by atoms with Gasteiger partial charge in [-0.1, -0.05) is 29.8 Å². The Morgan fingerprint density at radius 2 is 1.82 bits per heavy atom. The molecule has 3 amide bonds. The lowest BCUT2D eigenvalue weighted by Gasteiger charge is -2.13. The van der Waals surface area contributed by atoms with Gasteiger partial charge in [-0.25, -0.2) is 9.48 Å². The quantitative estimate of drug-likeness (QED) is 0.241. The molecule has 0 aliphatic heterocycles. The number of benzene rings is 2. The third-order valence-electron chi connectivity index (χ3n) is 5.64. The Labute approximate surface area is 222 Å². The fourth-order valence-corrected chi connectivity index (χ4v) is 3.98. The van der Waals surface area contributed by atoms with Crippen LogP contribution in [0.3, 0.4) is 0 Å². The molecule has 4 rings (SSSR count). The molecule has 2 aromatic heterocycles. The minimum absolute atomic E-state index is 0.0246. The van der Waals surface area contributed by atoms with Crippen LogP contribution < -0.4 is 27.7 Å². The van der Waals surface area contributed by atoms with Gasteiger partial charge in [0.2, 0.25) is 5.91 Å². The van der Waals surface area contributed by atoms with Crippen molar-refractivity contribution in [3.63, 3.8) is 0 Å². The van der Waals surface area contributed by atoms with Crippen molar-refractivity contribution in [3.8, 4) is 28.1 Å². The number of aromatic hydroxyl groups is 1. The summed E-state index contributed by atoms with van der Waals surface area (Å²) in [6.45, 7) is 2.23. The third-order valence-corrected chi connectivity index (χ3v) is 5.93. The molecular formula is C26H24ClN7O4. The maximum Gasteiger partial charge on any atom is 0.323 e. The van der Waals surface area contributed by atoms with Gasteiger partial charge in [0.1, 0.15) is 11.4 Å². The number of aromatic nitrogens is 3. The monoisotopic (exact) mass is 533 g/mol. The number of hydrogen-bond acceptors (Lipinski definition) is 7. The summed E-state index contributed by atoms with van der Waals surface area (Å²) in [6, 6.07) is 13.2. The first kappa shape index (κ1) is 26.3. The lowest BCUT2D eigenvalue weighted by Crippen LogP contribution is -2.29. The number of nitrogens with one attached hydrogen (secondary N) is 2. The Hall–Kier alpha value is -4.74. The lowest BCUT2D eigenvalue weighted by molar-refractivity contribution is 0.1000. The minimum Gasteiger partial charge on any atom is -0.504 e. The molecule has 0 unspecified atom stereocenters. The first-order valence-electron chi connectivity index (χ1n) is 11.5. The summed E-state index contributed by atoms with van der Waals surface area (Å²) in [4.78, 5) is 41.0. The number of carbonyl (C=O) groups excluding carboxylic acids is 2. The molecule has 0 aliphatic carbocycles. The molecule has 0 fully saturated rings. The molecular weight excluding hydrogens is 510 g/mol. The van der Waals surface area contributed by atoms with Crippen LogP contribution in [0.25, 0.3) is 22.4 Å². The van der Waals surface area contributed by atoms with E-state index in [9.17, 15) is 19.5 Å². The Morgan fingerprint density at radius 3 is 2.50 bits per heavy atom. The number of carbonyl (C=O) groups is 2. The fraction of sp³-hybridized carbons (Fsp3) is 0.115. The van der Waals surface area contributed by atoms with Crippen LogP contribution in [0.4, 0.5) is 16.2 Å². The highest BCUT2D eigenvalue weighted by Gasteiger charge is 2.16. The first-order chi connectivity index (χ1) is 18.2. The zero-order valence-electron chi connectivity index (χ0n) is 20.2. The molecule has 11 nitrogen and oxygen atoms in total. The molecule has 2 heterocycles. The maximum atomic E-state index is 12.9. The summed E-state index contributed by atoms with van der Waals surface area (Å²) in [7, 11) is 0. The van der Waals surface area contributed by atoms with E-state index in [4.69, 9.17) is 23.1 Å². The minimum atomic E-state index is -0.795. The molecule has 0 aliphatic rings. The number of nitrogens with zero attached hydrogens (tertiary/aromatic N) is 3. The smallest absolute Gasteiger partial charge is 0.323 e. The summed E-state index contributed by atoms with van der Waals surface area (Å²) in [5, 5.41) is 19.3. The van der Waals surface area contributed by atoms with Crippen molar-refractivity contribution >= 4 is 34.9 Å². The van der Waals surface area contributed by atoms with Crippen molar-refractivity contribution in [2.75, 3.05) is 10.6 Å². The number of nitrogens with two attached hydrogens (primary N) is 2. The van der Waals surface area contributed by atoms with Crippen LogP contribution in [0.15, 0.2) is 65.7 Å². The van der Waals surface area contributed by atoms with Crippen LogP contribution in [0.2, 0.25) is 5.02 Å². The van der Waals surface area contributed by atoms with E-state index in [2.05, 4.69) is 20.7 Å². The van der Waals surface area contributed by atoms with Crippen molar-refractivity contribution < 1.29 is 14.7 Å². The van der Waals surface area contributed by atoms with Gasteiger partial charge in [-0.3, -0.25) is 14.6 Å². The molecule has 38 heavy (non-hydrogen) atoms. The summed E-state index contributed by atoms with van der Waals surface area (Å²) in [5.74, 6) is -0.895. The van der Waals surface area contributed by atoms with Crippen molar-refractivity contribution in [1.82, 2.24) is 14.8 Å². The van der Waals surface area contributed by atoms with E-state index in [-0.39, 0.29) is 35.2 Å². The number of pyridine rings is 1. The highest BCUT2D eigenvalue weighted by Crippen LogP contribution is 2.30. The SMILES string of the molecule is CCn1nc(-c2cccc(-c3cc(CN)cc(C(N)=O)c3)c2)cc(NC(=O)Nc2c(O)cncc2Cl)c1=O. The molecule has 0 spiro atoms. The second kappa shape index (κ2) is 11.1. The first-order valence-corrected chi connectivity index (χ1v) is 11.8. The summed E-state index contributed by atoms with van der Waals surface area (Å²) in [5.41, 5.74) is 14.3. The van der Waals surface area contributed by atoms with Crippen molar-refractivity contribution in [1.29, 1.82) is 0 Å². The van der Waals surface area contributed by atoms with Crippen molar-refractivity contribution in [2.45, 2.75) is 20.0 Å². The predicted molar refractivity (Wildman–Crippen MR) is 145 cm³/mol. The van der Waals surface area contributed by atoms with E-state index in [0.717, 1.165) is 22.9 Å². The van der Waals surface area contributed by atoms with Crippen LogP contribution in [-0.4, -0.2) is 31.8 Å². The van der Waals surface area contributed by atoms with Gasteiger partial charge in [0.25, 0.3) is 5.56 Å². The largest absolute Gasteiger partial charge is 0.504 e. The Morgan fingerprint density at radius 1 is 1.05 bits per heavy atom. The Balaban J connectivity index is 1.71. The molecule has 0 saturated carbocycles. The van der Waals surface area contributed by atoms with E-state index >= 15 is 0 Å². The second-order valence-electron chi connectivity index (χ2n) is 8.23. The zero-order valence-corrected chi connectivity index (χ0v) is 21.0. The fourth-order valence-electron chi connectivity index (χ4n) is 3.78. The van der Waals surface area contributed by atoms with Gasteiger partial charge in [0.15, 0.2) is 5.75 Å². The normalized spacial score (nSPS) is 10.7. The number of urea groups is 1. The molecule has 7 N–H and O–H groups in total. The summed E-state index contributed by atoms with van der Waals surface area (Å²) < 4.78 is 1.22. The van der Waals surface area contributed by atoms with Gasteiger partial charge in [0, 0.05) is 30.4 Å². The van der Waals surface area contributed by atoms with E-state index in [1.54, 1.807) is 31.2 Å². The van der Waals surface area contributed by atoms with Gasteiger partial charge >= 0.3 is 6.03 Å². The van der Waals surface area contributed by atoms with E-state index in [1.807, 2.05) is 18.2 Å². The molecule has 4 aromatic rings. The van der Waals surface area contributed by atoms with E-state index in [0.29, 0.717) is 16.8 Å². The Bertz CT molecular complexity index is 1580. The summed E-state index contributed by atoms with van der Waals surface area (Å²) >= 11 is 6.00. The predicted octanol–water partition coefficient (Wildman–Crippen LogP) is 3.55. The van der Waals surface area contributed by atoms with Crippen molar-refractivity contribution in [2.24, 2.45) is 11.5 Å². The molecule has 12 heteroatoms.